The largest absolute Gasteiger partial charge is 0.454 e. The second-order valence-corrected chi connectivity index (χ2v) is 35.2. The van der Waals surface area contributed by atoms with Crippen molar-refractivity contribution in [3.8, 4) is 86.6 Å². The molecule has 140 heavy (non-hydrogen) atoms. The van der Waals surface area contributed by atoms with E-state index in [2.05, 4.69) is 12.1 Å². The average Bonchev–Trinajstić information content (AvgIpc) is 1.65. The second kappa shape index (κ2) is 38.2. The Kier molecular flexibility index (Phi) is 18.6. The number of rotatable bonds is 10. The molecule has 20 rings (SSSR count). The summed E-state index contributed by atoms with van der Waals surface area (Å²) in [5.74, 6) is -6.19. The van der Waals surface area contributed by atoms with E-state index in [9.17, 15) is 35.1 Å². The first-order valence-electron chi connectivity index (χ1n) is 57.9. The number of aryl methyl sites for hydroxylation is 5. The highest BCUT2D eigenvalue weighted by atomic mass is 19.1. The van der Waals surface area contributed by atoms with E-state index in [-0.39, 0.29) is 170 Å². The second-order valence-electron chi connectivity index (χ2n) is 35.2. The molecule has 0 N–H and O–H groups in total. The zero-order chi connectivity index (χ0) is 124. The number of halogens is 5. The fourth-order valence-electron chi connectivity index (χ4n) is 17.9. The molecule has 10 aromatic heterocycles. The van der Waals surface area contributed by atoms with Crippen LogP contribution in [0.4, 0.5) is 22.0 Å². The lowest BCUT2D eigenvalue weighted by Gasteiger charge is -2.14. The molecule has 0 spiro atoms. The highest BCUT2D eigenvalue weighted by molar-refractivity contribution is 6.16. The zero-order valence-electron chi connectivity index (χ0n) is 107. The molecule has 0 fully saturated rings. The van der Waals surface area contributed by atoms with Crippen molar-refractivity contribution in [2.24, 2.45) is 47.1 Å². The van der Waals surface area contributed by atoms with Gasteiger partial charge in [-0.2, -0.15) is 49.1 Å². The lowest BCUT2D eigenvalue weighted by atomic mass is 9.93. The first-order chi connectivity index (χ1) is 77.6. The standard InChI is InChI=1S/3C25H24FN2O.C23H20FN2O.C22H18FN2O/c1-13(2)19-11-22(28(6)16(5)15(19)4)23-14(3)7-8-18-17-9-10-21(26)20(12-27)24(17)29-25(18)23;2*1-14(2)9-17-11-16(4)28(5)21(12-17)22-15(3)10-20(26)23-19-8-6-7-18(13-27)24(19)29-25(22)23;1-12-6-7-17-16-8-9-19(24)18(11-25)22(16)27-23(17)21(12)20-10-13(2)14(3)15(4)26(20)5;1-12-8-14(3)25(4)18(9-12)19-13(2)10-17(23)20-16-7-5-6-15(11-24)21(16)26-22(19)20/h7-11,13H,1-6H3;2*6-8,10-12,14H,9H2,1-5H3;6-10H,1-5H3;5-10H,1-4H3/q5*+1/i1D3,4D3,11D,13D;9D2,11D,12D;9D2,11D;2D3,3D3,10D;1D3,8D,9D. The number of fused-ring (bicyclic) bond motifs is 15. The molecule has 0 aliphatic rings. The van der Waals surface area contributed by atoms with Crippen LogP contribution in [0.25, 0.3) is 166 Å². The number of nitrogens with zero attached hydrogens (tertiary/aromatic N) is 10. The summed E-state index contributed by atoms with van der Waals surface area (Å²) >= 11 is 0. The Morgan fingerprint density at radius 1 is 0.336 bits per heavy atom. The van der Waals surface area contributed by atoms with Crippen molar-refractivity contribution in [1.29, 1.82) is 26.3 Å². The van der Waals surface area contributed by atoms with Crippen LogP contribution in [0.15, 0.2) is 192 Å². The minimum absolute atomic E-state index is 0.00574. The van der Waals surface area contributed by atoms with Crippen LogP contribution in [0, 0.1) is 194 Å². The van der Waals surface area contributed by atoms with Crippen LogP contribution in [0.5, 0.6) is 0 Å². The van der Waals surface area contributed by atoms with Crippen molar-refractivity contribution in [3.63, 3.8) is 0 Å². The lowest BCUT2D eigenvalue weighted by Crippen LogP contribution is -2.36. The highest BCUT2D eigenvalue weighted by Gasteiger charge is 2.34. The van der Waals surface area contributed by atoms with Crippen molar-refractivity contribution in [2.45, 2.75) is 157 Å². The van der Waals surface area contributed by atoms with Crippen molar-refractivity contribution in [2.75, 3.05) is 0 Å². The number of benzene rings is 10. The number of nitriles is 5. The molecule has 0 saturated heterocycles. The fraction of sp³-hybridized carbons (Fsp3) is 0.250. The van der Waals surface area contributed by atoms with Crippen LogP contribution >= 0.6 is 0 Å². The summed E-state index contributed by atoms with van der Waals surface area (Å²) in [5.41, 5.74) is 8.70. The van der Waals surface area contributed by atoms with Crippen LogP contribution in [-0.4, -0.2) is 0 Å². The van der Waals surface area contributed by atoms with Crippen molar-refractivity contribution < 1.29 is 104 Å². The van der Waals surface area contributed by atoms with Gasteiger partial charge in [-0.15, -0.1) is 0 Å². The first kappa shape index (κ1) is 68.1. The third-order valence-corrected chi connectivity index (χ3v) is 25.4. The fourth-order valence-corrected chi connectivity index (χ4v) is 17.9. The van der Waals surface area contributed by atoms with E-state index in [1.54, 1.807) is 217 Å². The van der Waals surface area contributed by atoms with E-state index in [0.29, 0.717) is 144 Å². The first-order valence-corrected chi connectivity index (χ1v) is 44.4. The van der Waals surface area contributed by atoms with E-state index < -0.39 is 111 Å². The van der Waals surface area contributed by atoms with Crippen LogP contribution in [0.1, 0.15) is 207 Å². The number of hydrogen-bond donors (Lipinski definition) is 0. The maximum Gasteiger partial charge on any atom is 0.216 e. The number of para-hydroxylation sites is 3. The van der Waals surface area contributed by atoms with E-state index >= 15 is 13.2 Å². The molecule has 0 bridgehead atoms. The SMILES string of the molecule is [2H]c1c(C([2H])(C)C([2H])([2H])[2H])c(C([2H])([2H])[2H])c(C)[n+](C)c1-c1c(C)ccc2c1oc1c(C#N)c(F)ccc12.[2H]c1c(C([2H])([2H])C(C)C)c([2H])c(-c2c(C)cc(F)c3c2oc2c(C#N)cccc23)[n+](C)c1C.[2H]c1c(C([2H])([2H])C(C)C)cc(-c2c(C)cc(F)c3c2oc2c(C#N)cccc23)[n+](C)c1C.[2H]c1c(C([2H])([2H])[2H])c(C([2H])([2H])[2H])c(C)[n+](C)c1-c1c(C)ccc2c1oc1c(C#N)c(F)ccc12.[2H]c1c(C([2H])([2H])[2H])c([2H])c(-c2c(C)cc(F)c3c2oc2c(C#N)cccc23)[n+](C)c1C. The third kappa shape index (κ3) is 17.0. The number of hydrogen-bond acceptors (Lipinski definition) is 10. The van der Waals surface area contributed by atoms with Gasteiger partial charge in [0, 0.05) is 159 Å². The molecule has 0 saturated carbocycles. The van der Waals surface area contributed by atoms with Crippen LogP contribution < -0.4 is 22.8 Å². The van der Waals surface area contributed by atoms with Gasteiger partial charge in [0.2, 0.25) is 28.5 Å². The summed E-state index contributed by atoms with van der Waals surface area (Å²) in [4.78, 5) is 0. The quantitative estimate of drug-likeness (QED) is 0.0935. The molecule has 20 heteroatoms. The molecule has 0 amide bonds. The molecular formula is C120H110F5N10O5+5. The Labute approximate surface area is 848 Å². The van der Waals surface area contributed by atoms with Gasteiger partial charge < -0.3 is 22.1 Å². The summed E-state index contributed by atoms with van der Waals surface area (Å²) < 4.78 is 336. The molecule has 15 nitrogen and oxygen atoms in total. The van der Waals surface area contributed by atoms with Gasteiger partial charge in [-0.1, -0.05) is 102 Å². The third-order valence-electron chi connectivity index (χ3n) is 25.4. The van der Waals surface area contributed by atoms with Crippen molar-refractivity contribution >= 4 is 110 Å². The maximum absolute atomic E-state index is 15.2. The van der Waals surface area contributed by atoms with Gasteiger partial charge in [0.05, 0.1) is 70.3 Å². The predicted octanol–water partition coefficient (Wildman–Crippen LogP) is 28.3. The van der Waals surface area contributed by atoms with E-state index in [0.717, 1.165) is 6.92 Å². The Bertz CT molecular complexity index is 10200. The molecule has 1 atom stereocenters. The van der Waals surface area contributed by atoms with Crippen molar-refractivity contribution in [3.05, 3.63) is 322 Å². The number of pyridine rings is 5. The molecule has 700 valence electrons. The monoisotopic (exact) mass is 1890 g/mol. The van der Waals surface area contributed by atoms with Gasteiger partial charge in [0.25, 0.3) is 0 Å². The van der Waals surface area contributed by atoms with Gasteiger partial charge in [0.1, 0.15) is 117 Å². The van der Waals surface area contributed by atoms with Gasteiger partial charge in [0.15, 0.2) is 73.1 Å². The summed E-state index contributed by atoms with van der Waals surface area (Å²) in [7, 11) is 8.24. The van der Waals surface area contributed by atoms with Crippen LogP contribution in [-0.2, 0) is 48.0 Å². The topological polar surface area (TPSA) is 204 Å². The maximum atomic E-state index is 15.2. The van der Waals surface area contributed by atoms with Crippen LogP contribution in [0.3, 0.4) is 0 Å². The van der Waals surface area contributed by atoms with E-state index in [1.807, 2.05) is 18.2 Å². The molecule has 0 aliphatic heterocycles. The van der Waals surface area contributed by atoms with Crippen LogP contribution in [0.2, 0.25) is 0 Å². The molecule has 20 aromatic rings. The predicted molar refractivity (Wildman–Crippen MR) is 543 cm³/mol. The summed E-state index contributed by atoms with van der Waals surface area (Å²) in [5, 5.41) is 51.5. The molecule has 0 radical (unpaired) electrons. The minimum Gasteiger partial charge on any atom is -0.454 e. The Hall–Kier alpha value is -16.0. The highest BCUT2D eigenvalue weighted by Crippen LogP contribution is 2.47. The van der Waals surface area contributed by atoms with E-state index in [1.165, 1.54) is 65.4 Å². The van der Waals surface area contributed by atoms with E-state index in [4.69, 9.17) is 59.1 Å². The molecule has 10 heterocycles. The van der Waals surface area contributed by atoms with Gasteiger partial charge >= 0.3 is 0 Å². The Balaban J connectivity index is 0.000000146. The number of furan rings is 5. The molecule has 0 aliphatic carbocycles. The normalized spacial score (nSPS) is 15.3. The molecule has 1 unspecified atom stereocenters. The molecule has 10 aromatic carbocycles. The average molecular weight is 1890 g/mol. The Morgan fingerprint density at radius 3 is 1.11 bits per heavy atom. The molecular weight excluding hydrogens is 1760 g/mol. The summed E-state index contributed by atoms with van der Waals surface area (Å²) in [6, 6.07) is 41.3. The zero-order valence-corrected chi connectivity index (χ0v) is 80.2. The van der Waals surface area contributed by atoms with Gasteiger partial charge in [-0.05, 0) is 209 Å². The number of aromatic nitrogens is 5. The lowest BCUT2D eigenvalue weighted by molar-refractivity contribution is -0.667. The Morgan fingerprint density at radius 2 is 0.700 bits per heavy atom. The smallest absolute Gasteiger partial charge is 0.216 e. The minimum atomic E-state index is -2.94. The van der Waals surface area contributed by atoms with Gasteiger partial charge in [-0.3, -0.25) is 0 Å². The summed E-state index contributed by atoms with van der Waals surface area (Å²) in [6.07, 6.45) is -3.64. The van der Waals surface area contributed by atoms with Crippen molar-refractivity contribution in [1.82, 2.24) is 0 Å². The summed E-state index contributed by atoms with van der Waals surface area (Å²) in [6.45, 7) is 10.8. The van der Waals surface area contributed by atoms with Gasteiger partial charge in [-0.25, -0.2) is 22.0 Å².